The third kappa shape index (κ3) is 5.89. The van der Waals surface area contributed by atoms with Crippen molar-refractivity contribution >= 4 is 29.4 Å². The van der Waals surface area contributed by atoms with Crippen LogP contribution in [-0.2, 0) is 20.9 Å². The van der Waals surface area contributed by atoms with Gasteiger partial charge in [-0.3, -0.25) is 9.59 Å². The van der Waals surface area contributed by atoms with E-state index >= 15 is 0 Å². The fraction of sp³-hybridized carbons (Fsp3) is 0.211. The second kappa shape index (κ2) is 9.58. The number of nitrogens with one attached hydrogen (secondary N) is 1. The molecule has 0 spiro atoms. The van der Waals surface area contributed by atoms with E-state index in [1.165, 1.54) is 7.11 Å². The van der Waals surface area contributed by atoms with Gasteiger partial charge in [0, 0.05) is 17.1 Å². The van der Waals surface area contributed by atoms with Crippen molar-refractivity contribution in [3.63, 3.8) is 0 Å². The second-order valence-corrected chi connectivity index (χ2v) is 5.80. The van der Waals surface area contributed by atoms with Gasteiger partial charge in [0.05, 0.1) is 19.1 Å². The molecular formula is C19H18ClNO5. The molecule has 26 heavy (non-hydrogen) atoms. The van der Waals surface area contributed by atoms with Crippen molar-refractivity contribution in [2.75, 3.05) is 13.7 Å². The Hall–Kier alpha value is -2.86. The molecule has 1 amide bonds. The number of hydrogen-bond acceptors (Lipinski definition) is 5. The minimum atomic E-state index is -0.455. The lowest BCUT2D eigenvalue weighted by Crippen LogP contribution is -2.26. The van der Waals surface area contributed by atoms with Crippen molar-refractivity contribution in [3.8, 4) is 0 Å². The van der Waals surface area contributed by atoms with Crippen LogP contribution in [0.1, 0.15) is 32.7 Å². The van der Waals surface area contributed by atoms with E-state index in [1.54, 1.807) is 48.5 Å². The summed E-state index contributed by atoms with van der Waals surface area (Å²) >= 11 is 5.76. The number of rotatable bonds is 7. The smallest absolute Gasteiger partial charge is 0.337 e. The van der Waals surface area contributed by atoms with Crippen molar-refractivity contribution in [1.29, 1.82) is 0 Å². The fourth-order valence-electron chi connectivity index (χ4n) is 2.12. The number of hydrogen-bond donors (Lipinski definition) is 1. The number of esters is 2. The lowest BCUT2D eigenvalue weighted by atomic mass is 10.1. The van der Waals surface area contributed by atoms with Crippen LogP contribution in [-0.4, -0.2) is 31.5 Å². The first kappa shape index (κ1) is 19.5. The third-order valence-corrected chi connectivity index (χ3v) is 3.72. The van der Waals surface area contributed by atoms with Crippen molar-refractivity contribution in [1.82, 2.24) is 5.32 Å². The molecule has 0 heterocycles. The van der Waals surface area contributed by atoms with Crippen LogP contribution in [0.15, 0.2) is 48.5 Å². The molecule has 0 unspecified atom stereocenters. The summed E-state index contributed by atoms with van der Waals surface area (Å²) < 4.78 is 9.78. The maximum atomic E-state index is 11.9. The first-order valence-electron chi connectivity index (χ1n) is 7.86. The molecule has 0 saturated carbocycles. The Kier molecular flexibility index (Phi) is 7.17. The van der Waals surface area contributed by atoms with Crippen molar-refractivity contribution in [3.05, 3.63) is 70.2 Å². The van der Waals surface area contributed by atoms with Gasteiger partial charge in [-0.2, -0.15) is 0 Å². The topological polar surface area (TPSA) is 81.7 Å². The molecule has 0 aliphatic heterocycles. The van der Waals surface area contributed by atoms with E-state index in [-0.39, 0.29) is 25.5 Å². The molecule has 6 nitrogen and oxygen atoms in total. The molecular weight excluding hydrogens is 358 g/mol. The standard InChI is InChI=1S/C19H18ClNO5/c1-25-19(24)15-4-2-3-13(11-15)12-26-17(22)9-10-21-18(23)14-5-7-16(20)8-6-14/h2-8,11H,9-10,12H2,1H3,(H,21,23). The SMILES string of the molecule is COC(=O)c1cccc(COC(=O)CCNC(=O)c2ccc(Cl)cc2)c1. The van der Waals surface area contributed by atoms with Crippen LogP contribution in [0.25, 0.3) is 0 Å². The van der Waals surface area contributed by atoms with E-state index in [2.05, 4.69) is 10.1 Å². The fourth-order valence-corrected chi connectivity index (χ4v) is 2.25. The average Bonchev–Trinajstić information content (AvgIpc) is 2.66. The van der Waals surface area contributed by atoms with Gasteiger partial charge < -0.3 is 14.8 Å². The minimum absolute atomic E-state index is 0.0365. The summed E-state index contributed by atoms with van der Waals surface area (Å²) in [4.78, 5) is 35.1. The Morgan fingerprint density at radius 2 is 1.77 bits per heavy atom. The number of benzene rings is 2. The van der Waals surface area contributed by atoms with Gasteiger partial charge in [0.25, 0.3) is 5.91 Å². The third-order valence-electron chi connectivity index (χ3n) is 3.47. The van der Waals surface area contributed by atoms with Crippen molar-refractivity contribution in [2.45, 2.75) is 13.0 Å². The normalized spacial score (nSPS) is 10.1. The summed E-state index contributed by atoms with van der Waals surface area (Å²) in [5.41, 5.74) is 1.52. The van der Waals surface area contributed by atoms with E-state index in [4.69, 9.17) is 16.3 Å². The first-order chi connectivity index (χ1) is 12.5. The molecule has 0 radical (unpaired) electrons. The van der Waals surface area contributed by atoms with Gasteiger partial charge in [-0.25, -0.2) is 4.79 Å². The molecule has 0 aliphatic rings. The molecule has 2 rings (SSSR count). The zero-order valence-corrected chi connectivity index (χ0v) is 14.9. The van der Waals surface area contributed by atoms with Crippen molar-refractivity contribution < 1.29 is 23.9 Å². The summed E-state index contributed by atoms with van der Waals surface area (Å²) in [5.74, 6) is -1.20. The van der Waals surface area contributed by atoms with Gasteiger partial charge in [-0.05, 0) is 42.0 Å². The van der Waals surface area contributed by atoms with Gasteiger partial charge >= 0.3 is 11.9 Å². The zero-order valence-electron chi connectivity index (χ0n) is 14.2. The Morgan fingerprint density at radius 3 is 2.46 bits per heavy atom. The van der Waals surface area contributed by atoms with E-state index in [9.17, 15) is 14.4 Å². The van der Waals surface area contributed by atoms with Gasteiger partial charge in [-0.15, -0.1) is 0 Å². The predicted molar refractivity (Wildman–Crippen MR) is 96.0 cm³/mol. The number of ether oxygens (including phenoxy) is 2. The largest absolute Gasteiger partial charge is 0.465 e. The highest BCUT2D eigenvalue weighted by Gasteiger charge is 2.09. The lowest BCUT2D eigenvalue weighted by Gasteiger charge is -2.07. The Balaban J connectivity index is 1.74. The minimum Gasteiger partial charge on any atom is -0.465 e. The van der Waals surface area contributed by atoms with Crippen LogP contribution in [0.2, 0.25) is 5.02 Å². The van der Waals surface area contributed by atoms with Crippen LogP contribution in [0.3, 0.4) is 0 Å². The number of carbonyl (C=O) groups is 3. The van der Waals surface area contributed by atoms with Crippen molar-refractivity contribution in [2.24, 2.45) is 0 Å². The summed E-state index contributed by atoms with van der Waals surface area (Å²) in [5, 5.41) is 3.18. The highest BCUT2D eigenvalue weighted by molar-refractivity contribution is 6.30. The molecule has 136 valence electrons. The predicted octanol–water partition coefficient (Wildman–Crippen LogP) is 2.99. The summed E-state index contributed by atoms with van der Waals surface area (Å²) in [6, 6.07) is 13.1. The molecule has 2 aromatic rings. The highest BCUT2D eigenvalue weighted by atomic mass is 35.5. The zero-order chi connectivity index (χ0) is 18.9. The Labute approximate surface area is 156 Å². The quantitative estimate of drug-likeness (QED) is 0.752. The Bertz CT molecular complexity index is 789. The monoisotopic (exact) mass is 375 g/mol. The molecule has 0 bridgehead atoms. The van der Waals surface area contributed by atoms with Gasteiger partial charge in [-0.1, -0.05) is 23.7 Å². The van der Waals surface area contributed by atoms with Crippen LogP contribution in [0.4, 0.5) is 0 Å². The van der Waals surface area contributed by atoms with Gasteiger partial charge in [0.1, 0.15) is 6.61 Å². The molecule has 7 heteroatoms. The van der Waals surface area contributed by atoms with Gasteiger partial charge in [0.15, 0.2) is 0 Å². The van der Waals surface area contributed by atoms with E-state index < -0.39 is 11.9 Å². The average molecular weight is 376 g/mol. The maximum absolute atomic E-state index is 11.9. The lowest BCUT2D eigenvalue weighted by molar-refractivity contribution is -0.144. The highest BCUT2D eigenvalue weighted by Crippen LogP contribution is 2.10. The van der Waals surface area contributed by atoms with Crippen LogP contribution >= 0.6 is 11.6 Å². The second-order valence-electron chi connectivity index (χ2n) is 5.37. The first-order valence-corrected chi connectivity index (χ1v) is 8.24. The molecule has 0 aromatic heterocycles. The summed E-state index contributed by atoms with van der Waals surface area (Å²) in [7, 11) is 1.30. The molecule has 2 aromatic carbocycles. The molecule has 0 fully saturated rings. The van der Waals surface area contributed by atoms with Crippen LogP contribution in [0, 0.1) is 0 Å². The van der Waals surface area contributed by atoms with E-state index in [0.717, 1.165) is 0 Å². The summed E-state index contributed by atoms with van der Waals surface area (Å²) in [6.45, 7) is 0.192. The molecule has 0 aliphatic carbocycles. The van der Waals surface area contributed by atoms with E-state index in [0.29, 0.717) is 21.7 Å². The number of amides is 1. The van der Waals surface area contributed by atoms with Crippen LogP contribution < -0.4 is 5.32 Å². The molecule has 0 saturated heterocycles. The number of halogens is 1. The molecule has 0 atom stereocenters. The Morgan fingerprint density at radius 1 is 1.04 bits per heavy atom. The van der Waals surface area contributed by atoms with Gasteiger partial charge in [0.2, 0.25) is 0 Å². The van der Waals surface area contributed by atoms with E-state index in [1.807, 2.05) is 0 Å². The number of carbonyl (C=O) groups excluding carboxylic acids is 3. The number of methoxy groups -OCH3 is 1. The summed E-state index contributed by atoms with van der Waals surface area (Å²) in [6.07, 6.45) is 0.0377. The maximum Gasteiger partial charge on any atom is 0.337 e. The van der Waals surface area contributed by atoms with Crippen LogP contribution in [0.5, 0.6) is 0 Å². The molecule has 1 N–H and O–H groups in total.